The van der Waals surface area contributed by atoms with Crippen LogP contribution < -0.4 is 0 Å². The molecule has 1 unspecified atom stereocenters. The second-order valence-corrected chi connectivity index (χ2v) is 7.76. The first-order valence-electron chi connectivity index (χ1n) is 7.65. The van der Waals surface area contributed by atoms with E-state index >= 15 is 0 Å². The Kier molecular flexibility index (Phi) is 8.33. The van der Waals surface area contributed by atoms with E-state index in [1.807, 2.05) is 0 Å². The highest BCUT2D eigenvalue weighted by Gasteiger charge is 2.92. The van der Waals surface area contributed by atoms with Crippen LogP contribution in [-0.2, 0) is 4.79 Å². The van der Waals surface area contributed by atoms with Gasteiger partial charge in [-0.25, -0.2) is 0 Å². The van der Waals surface area contributed by atoms with Gasteiger partial charge in [-0.15, -0.1) is 0 Å². The first-order valence-corrected chi connectivity index (χ1v) is 8.53. The first-order chi connectivity index (χ1) is 14.0. The zero-order valence-electron chi connectivity index (χ0n) is 15.2. The van der Waals surface area contributed by atoms with Gasteiger partial charge in [0.05, 0.1) is 0 Å². The van der Waals surface area contributed by atoms with E-state index in [2.05, 4.69) is 0 Å². The molecule has 1 atom stereocenters. The summed E-state index contributed by atoms with van der Waals surface area (Å²) in [4.78, 5) is 10.4. The van der Waals surface area contributed by atoms with Crippen LogP contribution in [-0.4, -0.2) is 63.3 Å². The smallest absolute Gasteiger partial charge is 0.389 e. The van der Waals surface area contributed by atoms with Crippen LogP contribution in [0.25, 0.3) is 0 Å². The SMILES string of the molecule is CC(SC(F)(F)C(F)(F)C(F)(F)C(F)(F)C(F)(F)C(F)(F)C(F)(F)CCC(F)(F)F)C(=O)O. The fourth-order valence-corrected chi connectivity index (χ4v) is 2.63. The van der Waals surface area contributed by atoms with Crippen LogP contribution in [0.3, 0.4) is 0 Å². The lowest BCUT2D eigenvalue weighted by molar-refractivity contribution is -0.435. The number of carbonyl (C=O) groups is 1. The van der Waals surface area contributed by atoms with Gasteiger partial charge in [0.25, 0.3) is 0 Å². The summed E-state index contributed by atoms with van der Waals surface area (Å²) in [5.41, 5.74) is 0. The average molecular weight is 552 g/mol. The van der Waals surface area contributed by atoms with Gasteiger partial charge in [0, 0.05) is 12.8 Å². The molecule has 20 heteroatoms. The number of hydrogen-bond donors (Lipinski definition) is 1. The van der Waals surface area contributed by atoms with Crippen molar-refractivity contribution in [3.8, 4) is 0 Å². The molecule has 0 radical (unpaired) electrons. The normalized spacial score (nSPS) is 16.7. The third kappa shape index (κ3) is 5.33. The summed E-state index contributed by atoms with van der Waals surface area (Å²) in [6.07, 6.45) is -12.2. The Bertz CT molecular complexity index is 714. The van der Waals surface area contributed by atoms with Gasteiger partial charge in [0.2, 0.25) is 0 Å². The summed E-state index contributed by atoms with van der Waals surface area (Å²) in [6, 6.07) is 0. The van der Waals surface area contributed by atoms with Crippen molar-refractivity contribution in [1.29, 1.82) is 0 Å². The Morgan fingerprint density at radius 1 is 0.636 bits per heavy atom. The molecule has 0 saturated carbocycles. The highest BCUT2D eigenvalue weighted by atomic mass is 32.2. The van der Waals surface area contributed by atoms with Crippen molar-refractivity contribution in [2.45, 2.75) is 72.0 Å². The molecule has 0 aromatic heterocycles. The van der Waals surface area contributed by atoms with E-state index in [9.17, 15) is 79.4 Å². The number of thioether (sulfide) groups is 1. The number of hydrogen-bond acceptors (Lipinski definition) is 2. The maximum Gasteiger partial charge on any atom is 0.389 e. The predicted octanol–water partition coefficient (Wildman–Crippen LogP) is 6.94. The van der Waals surface area contributed by atoms with Gasteiger partial charge in [-0.3, -0.25) is 4.79 Å². The summed E-state index contributed by atoms with van der Waals surface area (Å²) in [5, 5.41) is -1.20. The summed E-state index contributed by atoms with van der Waals surface area (Å²) in [6.45, 7) is 0.108. The van der Waals surface area contributed by atoms with Gasteiger partial charge < -0.3 is 5.11 Å². The predicted molar refractivity (Wildman–Crippen MR) is 74.6 cm³/mol. The Hall–Kier alpha value is -1.37. The fourth-order valence-electron chi connectivity index (χ4n) is 1.81. The molecule has 0 aliphatic heterocycles. The van der Waals surface area contributed by atoms with Crippen LogP contribution in [0.4, 0.5) is 74.6 Å². The lowest BCUT2D eigenvalue weighted by Crippen LogP contribution is -2.72. The molecular weight excluding hydrogens is 543 g/mol. The monoisotopic (exact) mass is 552 g/mol. The number of carboxylic acids is 1. The minimum atomic E-state index is -8.44. The highest BCUT2D eigenvalue weighted by Crippen LogP contribution is 2.64. The Morgan fingerprint density at radius 2 is 0.970 bits per heavy atom. The lowest BCUT2D eigenvalue weighted by Gasteiger charge is -2.42. The molecule has 198 valence electrons. The third-order valence-corrected chi connectivity index (χ3v) is 4.90. The van der Waals surface area contributed by atoms with Crippen molar-refractivity contribution < 1.29 is 84.5 Å². The van der Waals surface area contributed by atoms with E-state index in [1.165, 1.54) is 0 Å². The van der Waals surface area contributed by atoms with Crippen molar-refractivity contribution in [3.05, 3.63) is 0 Å². The largest absolute Gasteiger partial charge is 0.480 e. The molecule has 0 heterocycles. The summed E-state index contributed by atoms with van der Waals surface area (Å²) >= 11 is -2.01. The molecule has 2 nitrogen and oxygen atoms in total. The van der Waals surface area contributed by atoms with Crippen LogP contribution in [0.5, 0.6) is 0 Å². The second kappa shape index (κ2) is 8.69. The molecule has 0 bridgehead atoms. The van der Waals surface area contributed by atoms with Gasteiger partial charge in [-0.2, -0.15) is 74.6 Å². The number of carboxylic acid groups (broad SMARTS) is 1. The topological polar surface area (TPSA) is 37.3 Å². The molecule has 0 aromatic rings. The molecule has 0 fully saturated rings. The third-order valence-electron chi connectivity index (χ3n) is 3.80. The van der Waals surface area contributed by atoms with E-state index in [1.54, 1.807) is 0 Å². The summed E-state index contributed by atoms with van der Waals surface area (Å²) in [7, 11) is 0. The molecule has 1 N–H and O–H groups in total. The van der Waals surface area contributed by atoms with E-state index in [0.29, 0.717) is 0 Å². The molecule has 0 spiro atoms. The van der Waals surface area contributed by atoms with Crippen LogP contribution in [0, 0.1) is 0 Å². The minimum absolute atomic E-state index is 0.108. The van der Waals surface area contributed by atoms with E-state index < -0.39 is 82.8 Å². The van der Waals surface area contributed by atoms with Gasteiger partial charge in [0.1, 0.15) is 5.25 Å². The number of halogens is 17. The molecular formula is C13H9F17O2S. The Labute approximate surface area is 175 Å². The van der Waals surface area contributed by atoms with Crippen molar-refractivity contribution >= 4 is 17.7 Å². The van der Waals surface area contributed by atoms with Gasteiger partial charge >= 0.3 is 52.9 Å². The quantitative estimate of drug-likeness (QED) is 0.283. The van der Waals surface area contributed by atoms with Crippen LogP contribution >= 0.6 is 11.8 Å². The second-order valence-electron chi connectivity index (χ2n) is 6.31. The first kappa shape index (κ1) is 31.6. The minimum Gasteiger partial charge on any atom is -0.480 e. The molecule has 33 heavy (non-hydrogen) atoms. The number of aliphatic carboxylic acids is 1. The molecule has 0 rings (SSSR count). The zero-order chi connectivity index (χ0) is 27.3. The Morgan fingerprint density at radius 3 is 1.30 bits per heavy atom. The van der Waals surface area contributed by atoms with E-state index in [4.69, 9.17) is 5.11 Å². The number of rotatable bonds is 11. The van der Waals surface area contributed by atoms with Crippen molar-refractivity contribution in [3.63, 3.8) is 0 Å². The van der Waals surface area contributed by atoms with Crippen LogP contribution in [0.2, 0.25) is 0 Å². The lowest BCUT2D eigenvalue weighted by atomic mass is 9.90. The van der Waals surface area contributed by atoms with E-state index in [-0.39, 0.29) is 6.92 Å². The van der Waals surface area contributed by atoms with Gasteiger partial charge in [-0.05, 0) is 6.92 Å². The van der Waals surface area contributed by atoms with Crippen molar-refractivity contribution in [2.75, 3.05) is 0 Å². The molecule has 0 aliphatic carbocycles. The summed E-state index contributed by atoms with van der Waals surface area (Å²) < 4.78 is 224. The maximum absolute atomic E-state index is 13.5. The van der Waals surface area contributed by atoms with Gasteiger partial charge in [-0.1, -0.05) is 11.8 Å². The molecule has 0 aromatic carbocycles. The van der Waals surface area contributed by atoms with Crippen molar-refractivity contribution in [1.82, 2.24) is 0 Å². The van der Waals surface area contributed by atoms with Crippen molar-refractivity contribution in [2.24, 2.45) is 0 Å². The van der Waals surface area contributed by atoms with Gasteiger partial charge in [0.15, 0.2) is 0 Å². The highest BCUT2D eigenvalue weighted by molar-refractivity contribution is 8.01. The van der Waals surface area contributed by atoms with Crippen LogP contribution in [0.1, 0.15) is 19.8 Å². The average Bonchev–Trinajstić information content (AvgIpc) is 2.57. The Balaban J connectivity index is 6.47. The van der Waals surface area contributed by atoms with E-state index in [0.717, 1.165) is 0 Å². The molecule has 0 amide bonds. The maximum atomic E-state index is 13.5. The molecule has 0 aliphatic rings. The fraction of sp³-hybridized carbons (Fsp3) is 0.923. The van der Waals surface area contributed by atoms with Crippen LogP contribution in [0.15, 0.2) is 0 Å². The standard InChI is InChI=1S/C13H9F17O2S/c1-4(5(31)32)33-13(29,30)12(27,28)11(25,26)10(23,24)9(21,22)8(19,20)6(14,15)2-3-7(16,17)18/h4H,2-3H2,1H3,(H,31,32). The number of alkyl halides is 17. The zero-order valence-corrected chi connectivity index (χ0v) is 16.0. The summed E-state index contributed by atoms with van der Waals surface area (Å²) in [5.74, 6) is -50.0. The molecule has 0 saturated heterocycles.